The van der Waals surface area contributed by atoms with E-state index in [9.17, 15) is 27.2 Å². The molecule has 0 radical (unpaired) electrons. The monoisotopic (exact) mass is 398 g/mol. The highest BCUT2D eigenvalue weighted by Gasteiger charge is 2.37. The van der Waals surface area contributed by atoms with Crippen molar-refractivity contribution < 1.29 is 31.9 Å². The minimum Gasteiger partial charge on any atom is -0.455 e. The zero-order valence-electron chi connectivity index (χ0n) is 14.4. The molecule has 1 N–H and O–H groups in total. The molecule has 10 heteroatoms. The molecule has 2 fully saturated rings. The third-order valence-electron chi connectivity index (χ3n) is 4.54. The molecule has 1 aromatic rings. The van der Waals surface area contributed by atoms with Gasteiger partial charge in [0.05, 0.1) is 23.1 Å². The minimum absolute atomic E-state index is 0.0216. The lowest BCUT2D eigenvalue weighted by Gasteiger charge is -2.17. The maximum Gasteiger partial charge on any atom is 0.311 e. The summed E-state index contributed by atoms with van der Waals surface area (Å²) in [5.74, 6) is -3.18. The number of hydrogen-bond acceptors (Lipinski definition) is 6. The first kappa shape index (κ1) is 19.3. The Hall–Kier alpha value is -2.49. The normalized spacial score (nSPS) is 24.0. The number of hydrogen-bond donors (Lipinski definition) is 1. The van der Waals surface area contributed by atoms with Crippen LogP contribution in [0.3, 0.4) is 0 Å². The first-order valence-electron chi connectivity index (χ1n) is 8.46. The van der Waals surface area contributed by atoms with Crippen LogP contribution >= 0.6 is 0 Å². The first-order valence-corrected chi connectivity index (χ1v) is 10.3. The Balaban J connectivity index is 1.50. The zero-order chi connectivity index (χ0) is 19.6. The fraction of sp³-hybridized carbons (Fsp3) is 0.471. The predicted octanol–water partition coefficient (Wildman–Crippen LogP) is 0.0251. The smallest absolute Gasteiger partial charge is 0.311 e. The largest absolute Gasteiger partial charge is 0.455 e. The third kappa shape index (κ3) is 4.62. The number of amides is 2. The second-order valence-corrected chi connectivity index (χ2v) is 8.86. The van der Waals surface area contributed by atoms with Crippen LogP contribution in [0.2, 0.25) is 0 Å². The molecule has 0 aromatic heterocycles. The van der Waals surface area contributed by atoms with Crippen molar-refractivity contribution >= 4 is 33.3 Å². The molecule has 0 aliphatic carbocycles. The van der Waals surface area contributed by atoms with Crippen molar-refractivity contribution in [2.75, 3.05) is 29.6 Å². The van der Waals surface area contributed by atoms with Gasteiger partial charge in [0.2, 0.25) is 5.91 Å². The Morgan fingerprint density at radius 3 is 2.70 bits per heavy atom. The highest BCUT2D eigenvalue weighted by molar-refractivity contribution is 7.91. The van der Waals surface area contributed by atoms with E-state index in [1.807, 2.05) is 0 Å². The quantitative estimate of drug-likeness (QED) is 0.701. The van der Waals surface area contributed by atoms with Crippen LogP contribution in [0.1, 0.15) is 12.8 Å². The number of rotatable bonds is 5. The van der Waals surface area contributed by atoms with Crippen molar-refractivity contribution in [2.24, 2.45) is 5.92 Å². The summed E-state index contributed by atoms with van der Waals surface area (Å²) >= 11 is 0. The maximum absolute atomic E-state index is 13.8. The van der Waals surface area contributed by atoms with Gasteiger partial charge in [-0.25, -0.2) is 12.8 Å². The fourth-order valence-electron chi connectivity index (χ4n) is 3.20. The van der Waals surface area contributed by atoms with Crippen LogP contribution in [0.4, 0.5) is 10.1 Å². The van der Waals surface area contributed by atoms with Crippen LogP contribution in [-0.2, 0) is 29.0 Å². The van der Waals surface area contributed by atoms with Crippen LogP contribution in [0, 0.1) is 11.7 Å². The molecule has 2 amide bonds. The molecule has 2 saturated heterocycles. The average Bonchev–Trinajstić information content (AvgIpc) is 3.15. The minimum atomic E-state index is -3.12. The zero-order valence-corrected chi connectivity index (χ0v) is 15.2. The number of para-hydroxylation sites is 1. The van der Waals surface area contributed by atoms with Crippen molar-refractivity contribution in [2.45, 2.75) is 18.9 Å². The lowest BCUT2D eigenvalue weighted by atomic mass is 10.1. The number of benzene rings is 1. The van der Waals surface area contributed by atoms with E-state index in [-0.39, 0.29) is 30.2 Å². The molecule has 0 spiro atoms. The Labute approximate surface area is 155 Å². The summed E-state index contributed by atoms with van der Waals surface area (Å²) < 4.78 is 41.5. The molecule has 0 saturated carbocycles. The molecule has 8 nitrogen and oxygen atoms in total. The fourth-order valence-corrected chi connectivity index (χ4v) is 4.87. The molecule has 2 atom stereocenters. The van der Waals surface area contributed by atoms with E-state index >= 15 is 0 Å². The molecule has 146 valence electrons. The van der Waals surface area contributed by atoms with E-state index in [0.29, 0.717) is 6.42 Å². The van der Waals surface area contributed by atoms with Gasteiger partial charge < -0.3 is 15.0 Å². The number of carbonyl (C=O) groups is 3. The molecule has 0 unspecified atom stereocenters. The van der Waals surface area contributed by atoms with Crippen LogP contribution in [-0.4, -0.2) is 56.9 Å². The SMILES string of the molecule is O=C(COC(=O)[C@H]1CC(=O)N(c2ccccc2F)C1)N[C@H]1CCS(=O)(=O)C1. The summed E-state index contributed by atoms with van der Waals surface area (Å²) in [6, 6.07) is 5.28. The van der Waals surface area contributed by atoms with E-state index in [1.165, 1.54) is 23.1 Å². The van der Waals surface area contributed by atoms with Crippen molar-refractivity contribution in [1.82, 2.24) is 5.32 Å². The molecule has 3 rings (SSSR count). The summed E-state index contributed by atoms with van der Waals surface area (Å²) in [6.07, 6.45) is 0.201. The van der Waals surface area contributed by atoms with Gasteiger partial charge in [0.1, 0.15) is 5.82 Å². The molecule has 27 heavy (non-hydrogen) atoms. The number of nitrogens with zero attached hydrogens (tertiary/aromatic N) is 1. The molecule has 1 aromatic carbocycles. The molecule has 2 heterocycles. The van der Waals surface area contributed by atoms with E-state index in [0.717, 1.165) is 0 Å². The molecular weight excluding hydrogens is 379 g/mol. The van der Waals surface area contributed by atoms with Crippen LogP contribution in [0.5, 0.6) is 0 Å². The van der Waals surface area contributed by atoms with Gasteiger partial charge in [-0.1, -0.05) is 12.1 Å². The summed E-state index contributed by atoms with van der Waals surface area (Å²) in [7, 11) is -3.12. The van der Waals surface area contributed by atoms with Crippen LogP contribution in [0.25, 0.3) is 0 Å². The average molecular weight is 398 g/mol. The maximum atomic E-state index is 13.8. The second-order valence-electron chi connectivity index (χ2n) is 6.63. The van der Waals surface area contributed by atoms with E-state index in [1.54, 1.807) is 6.07 Å². The van der Waals surface area contributed by atoms with Gasteiger partial charge in [-0.3, -0.25) is 14.4 Å². The van der Waals surface area contributed by atoms with E-state index in [4.69, 9.17) is 4.74 Å². The standard InChI is InChI=1S/C17H19FN2O6S/c18-13-3-1-2-4-14(13)20-8-11(7-16(20)22)17(23)26-9-15(21)19-12-5-6-27(24,25)10-12/h1-4,11-12H,5-10H2,(H,19,21)/t11-,12-/m0/s1. The van der Waals surface area contributed by atoms with Crippen LogP contribution < -0.4 is 10.2 Å². The number of carbonyl (C=O) groups excluding carboxylic acids is 3. The van der Waals surface area contributed by atoms with Gasteiger partial charge >= 0.3 is 5.97 Å². The van der Waals surface area contributed by atoms with E-state index in [2.05, 4.69) is 5.32 Å². The van der Waals surface area contributed by atoms with Crippen LogP contribution in [0.15, 0.2) is 24.3 Å². The molecule has 0 bridgehead atoms. The number of halogens is 1. The molecular formula is C17H19FN2O6S. The number of anilines is 1. The Morgan fingerprint density at radius 1 is 1.30 bits per heavy atom. The molecule has 2 aliphatic rings. The second kappa shape index (κ2) is 7.63. The number of nitrogens with one attached hydrogen (secondary N) is 1. The third-order valence-corrected chi connectivity index (χ3v) is 6.31. The van der Waals surface area contributed by atoms with Gasteiger partial charge in [0.25, 0.3) is 5.91 Å². The Morgan fingerprint density at radius 2 is 2.04 bits per heavy atom. The summed E-state index contributed by atoms with van der Waals surface area (Å²) in [4.78, 5) is 37.2. The topological polar surface area (TPSA) is 110 Å². The number of esters is 1. The Kier molecular flexibility index (Phi) is 5.45. The summed E-state index contributed by atoms with van der Waals surface area (Å²) in [6.45, 7) is -0.582. The van der Waals surface area contributed by atoms with Crippen molar-refractivity contribution in [3.63, 3.8) is 0 Å². The van der Waals surface area contributed by atoms with Crippen molar-refractivity contribution in [1.29, 1.82) is 0 Å². The van der Waals surface area contributed by atoms with Gasteiger partial charge in [0, 0.05) is 19.0 Å². The highest BCUT2D eigenvalue weighted by Crippen LogP contribution is 2.27. The lowest BCUT2D eigenvalue weighted by molar-refractivity contribution is -0.152. The first-order chi connectivity index (χ1) is 12.7. The lowest BCUT2D eigenvalue weighted by Crippen LogP contribution is -2.38. The van der Waals surface area contributed by atoms with Gasteiger partial charge in [0.15, 0.2) is 16.4 Å². The van der Waals surface area contributed by atoms with Gasteiger partial charge in [-0.2, -0.15) is 0 Å². The molecule has 2 aliphatic heterocycles. The predicted molar refractivity (Wildman–Crippen MR) is 93.0 cm³/mol. The number of sulfone groups is 1. The van der Waals surface area contributed by atoms with Crippen molar-refractivity contribution in [3.05, 3.63) is 30.1 Å². The summed E-state index contributed by atoms with van der Waals surface area (Å²) in [5, 5.41) is 2.51. The van der Waals surface area contributed by atoms with Gasteiger partial charge in [-0.05, 0) is 18.6 Å². The summed E-state index contributed by atoms with van der Waals surface area (Å²) in [5.41, 5.74) is 0.0954. The van der Waals surface area contributed by atoms with E-state index < -0.39 is 52.0 Å². The van der Waals surface area contributed by atoms with Gasteiger partial charge in [-0.15, -0.1) is 0 Å². The van der Waals surface area contributed by atoms with Crippen molar-refractivity contribution in [3.8, 4) is 0 Å². The number of ether oxygens (including phenoxy) is 1. The Bertz CT molecular complexity index is 872. The highest BCUT2D eigenvalue weighted by atomic mass is 32.2.